The molecule has 0 spiro atoms. The van der Waals surface area contributed by atoms with Crippen molar-refractivity contribution in [2.45, 2.75) is 70.8 Å². The SMILES string of the molecule is CC(=O)OCC(=O)C12N=C(C)OC1CC1C3CC(O)C4=CC(=O)C=CC4(C)C3C(O)CC12C. The number of nitrogens with zero attached hydrogens (tertiary/aromatic N) is 1. The molecule has 5 aliphatic rings. The van der Waals surface area contributed by atoms with Gasteiger partial charge in [0, 0.05) is 30.6 Å². The summed E-state index contributed by atoms with van der Waals surface area (Å²) in [6.45, 7) is 6.54. The molecule has 178 valence electrons. The Morgan fingerprint density at radius 3 is 2.70 bits per heavy atom. The Hall–Kier alpha value is -2.32. The Labute approximate surface area is 192 Å². The number of aliphatic imine (C=N–C) groups is 1. The zero-order valence-corrected chi connectivity index (χ0v) is 19.4. The quantitative estimate of drug-likeness (QED) is 0.616. The Morgan fingerprint density at radius 1 is 1.27 bits per heavy atom. The van der Waals surface area contributed by atoms with Crippen LogP contribution in [0.2, 0.25) is 0 Å². The Balaban J connectivity index is 1.58. The van der Waals surface area contributed by atoms with Gasteiger partial charge in [0.05, 0.1) is 12.2 Å². The highest BCUT2D eigenvalue weighted by Crippen LogP contribution is 2.69. The molecule has 3 saturated carbocycles. The number of Topliss-reactive ketones (excluding diaryl/α,β-unsaturated/α-hetero) is 1. The van der Waals surface area contributed by atoms with E-state index in [1.807, 2.05) is 19.9 Å². The summed E-state index contributed by atoms with van der Waals surface area (Å²) in [4.78, 5) is 41.7. The van der Waals surface area contributed by atoms with E-state index < -0.39 is 47.3 Å². The first kappa shape index (κ1) is 22.5. The third-order valence-corrected chi connectivity index (χ3v) is 9.19. The molecule has 0 amide bonds. The van der Waals surface area contributed by atoms with E-state index in [1.165, 1.54) is 19.1 Å². The lowest BCUT2D eigenvalue weighted by Gasteiger charge is -2.60. The van der Waals surface area contributed by atoms with E-state index >= 15 is 0 Å². The molecule has 9 atom stereocenters. The van der Waals surface area contributed by atoms with Crippen LogP contribution in [0.5, 0.6) is 0 Å². The van der Waals surface area contributed by atoms with Crippen LogP contribution >= 0.6 is 0 Å². The predicted octanol–water partition coefficient (Wildman–Crippen LogP) is 1.53. The summed E-state index contributed by atoms with van der Waals surface area (Å²) in [5.74, 6) is -0.952. The molecule has 5 rings (SSSR count). The van der Waals surface area contributed by atoms with Crippen molar-refractivity contribution < 1.29 is 34.1 Å². The van der Waals surface area contributed by atoms with Gasteiger partial charge in [0.25, 0.3) is 0 Å². The number of carbonyl (C=O) groups excluding carboxylic acids is 3. The second-order valence-corrected chi connectivity index (χ2v) is 10.8. The second-order valence-electron chi connectivity index (χ2n) is 10.8. The summed E-state index contributed by atoms with van der Waals surface area (Å²) >= 11 is 0. The summed E-state index contributed by atoms with van der Waals surface area (Å²) in [6.07, 6.45) is 4.04. The number of carbonyl (C=O) groups is 3. The topological polar surface area (TPSA) is 122 Å². The van der Waals surface area contributed by atoms with E-state index in [0.29, 0.717) is 30.7 Å². The molecule has 0 aromatic heterocycles. The number of ketones is 2. The van der Waals surface area contributed by atoms with Crippen molar-refractivity contribution in [3.63, 3.8) is 0 Å². The fraction of sp³-hybridized carbons (Fsp3) is 0.680. The van der Waals surface area contributed by atoms with Crippen LogP contribution in [-0.2, 0) is 23.9 Å². The monoisotopic (exact) mass is 457 g/mol. The van der Waals surface area contributed by atoms with E-state index in [4.69, 9.17) is 14.5 Å². The largest absolute Gasteiger partial charge is 0.475 e. The number of esters is 1. The van der Waals surface area contributed by atoms with Crippen LogP contribution in [0, 0.1) is 28.6 Å². The number of ether oxygens (including phenoxy) is 2. The third kappa shape index (κ3) is 2.83. The molecule has 4 aliphatic carbocycles. The first-order valence-electron chi connectivity index (χ1n) is 11.6. The maximum absolute atomic E-state index is 13.6. The van der Waals surface area contributed by atoms with E-state index in [2.05, 4.69) is 0 Å². The van der Waals surface area contributed by atoms with Gasteiger partial charge in [0.2, 0.25) is 5.78 Å². The minimum Gasteiger partial charge on any atom is -0.475 e. The Kier molecular flexibility index (Phi) is 4.83. The third-order valence-electron chi connectivity index (χ3n) is 9.19. The van der Waals surface area contributed by atoms with Crippen LogP contribution in [-0.4, -0.2) is 64.1 Å². The Morgan fingerprint density at radius 2 is 2.00 bits per heavy atom. The molecule has 8 nitrogen and oxygen atoms in total. The maximum Gasteiger partial charge on any atom is 0.303 e. The van der Waals surface area contributed by atoms with E-state index in [9.17, 15) is 24.6 Å². The van der Waals surface area contributed by atoms with E-state index in [-0.39, 0.29) is 29.3 Å². The molecule has 0 bridgehead atoms. The van der Waals surface area contributed by atoms with Crippen molar-refractivity contribution in [3.05, 3.63) is 23.8 Å². The van der Waals surface area contributed by atoms with Gasteiger partial charge in [-0.05, 0) is 48.8 Å². The normalized spacial score (nSPS) is 47.4. The van der Waals surface area contributed by atoms with Gasteiger partial charge in [-0.2, -0.15) is 0 Å². The highest BCUT2D eigenvalue weighted by Gasteiger charge is 2.75. The van der Waals surface area contributed by atoms with Crippen LogP contribution in [0.4, 0.5) is 0 Å². The Bertz CT molecular complexity index is 1030. The fourth-order valence-corrected chi connectivity index (χ4v) is 8.02. The van der Waals surface area contributed by atoms with Crippen molar-refractivity contribution in [1.29, 1.82) is 0 Å². The maximum atomic E-state index is 13.6. The molecule has 1 heterocycles. The number of hydrogen-bond donors (Lipinski definition) is 2. The van der Waals surface area contributed by atoms with Crippen LogP contribution in [0.3, 0.4) is 0 Å². The summed E-state index contributed by atoms with van der Waals surface area (Å²) in [5, 5.41) is 22.6. The molecule has 2 N–H and O–H groups in total. The summed E-state index contributed by atoms with van der Waals surface area (Å²) in [5.41, 5.74) is -1.98. The number of rotatable bonds is 3. The van der Waals surface area contributed by atoms with Crippen LogP contribution in [0.15, 0.2) is 28.8 Å². The van der Waals surface area contributed by atoms with Gasteiger partial charge >= 0.3 is 5.97 Å². The van der Waals surface area contributed by atoms with E-state index in [1.54, 1.807) is 6.92 Å². The minimum absolute atomic E-state index is 0.0481. The molecular formula is C25H31NO7. The second kappa shape index (κ2) is 7.09. The van der Waals surface area contributed by atoms with Gasteiger partial charge in [0.15, 0.2) is 23.8 Å². The molecule has 0 radical (unpaired) electrons. The first-order chi connectivity index (χ1) is 15.4. The smallest absolute Gasteiger partial charge is 0.303 e. The lowest BCUT2D eigenvalue weighted by molar-refractivity contribution is -0.157. The van der Waals surface area contributed by atoms with Crippen molar-refractivity contribution >= 4 is 23.4 Å². The molecule has 0 aromatic carbocycles. The van der Waals surface area contributed by atoms with Gasteiger partial charge in [-0.25, -0.2) is 4.99 Å². The summed E-state index contributed by atoms with van der Waals surface area (Å²) < 4.78 is 11.1. The highest BCUT2D eigenvalue weighted by atomic mass is 16.5. The predicted molar refractivity (Wildman–Crippen MR) is 117 cm³/mol. The molecule has 9 unspecified atom stereocenters. The summed E-state index contributed by atoms with van der Waals surface area (Å²) in [7, 11) is 0. The molecule has 1 aliphatic heterocycles. The average molecular weight is 458 g/mol. The number of hydrogen-bond acceptors (Lipinski definition) is 8. The van der Waals surface area contributed by atoms with Crippen molar-refractivity contribution in [2.24, 2.45) is 33.6 Å². The van der Waals surface area contributed by atoms with E-state index in [0.717, 1.165) is 0 Å². The lowest BCUT2D eigenvalue weighted by Crippen LogP contribution is -2.63. The molecule has 3 fully saturated rings. The van der Waals surface area contributed by atoms with Crippen LogP contribution in [0.1, 0.15) is 47.0 Å². The first-order valence-corrected chi connectivity index (χ1v) is 11.6. The van der Waals surface area contributed by atoms with Gasteiger partial charge in [-0.1, -0.05) is 19.9 Å². The van der Waals surface area contributed by atoms with Crippen LogP contribution in [0.25, 0.3) is 0 Å². The van der Waals surface area contributed by atoms with Crippen LogP contribution < -0.4 is 0 Å². The van der Waals surface area contributed by atoms with Gasteiger partial charge in [-0.15, -0.1) is 0 Å². The number of fused-ring (bicyclic) bond motifs is 7. The zero-order chi connectivity index (χ0) is 23.9. The average Bonchev–Trinajstić information content (AvgIpc) is 3.18. The number of aliphatic hydroxyl groups is 2. The summed E-state index contributed by atoms with van der Waals surface area (Å²) in [6, 6.07) is 0. The number of aliphatic hydroxyl groups excluding tert-OH is 2. The zero-order valence-electron chi connectivity index (χ0n) is 19.4. The molecule has 0 saturated heterocycles. The van der Waals surface area contributed by atoms with Crippen molar-refractivity contribution in [2.75, 3.05) is 6.61 Å². The van der Waals surface area contributed by atoms with Gasteiger partial charge in [-0.3, -0.25) is 14.4 Å². The van der Waals surface area contributed by atoms with Crippen molar-refractivity contribution in [3.8, 4) is 0 Å². The fourth-order valence-electron chi connectivity index (χ4n) is 8.02. The van der Waals surface area contributed by atoms with Crippen molar-refractivity contribution in [1.82, 2.24) is 0 Å². The van der Waals surface area contributed by atoms with Gasteiger partial charge < -0.3 is 19.7 Å². The molecule has 0 aromatic rings. The molecule has 8 heteroatoms. The highest BCUT2D eigenvalue weighted by molar-refractivity contribution is 6.01. The molecule has 33 heavy (non-hydrogen) atoms. The van der Waals surface area contributed by atoms with Gasteiger partial charge in [0.1, 0.15) is 6.10 Å². The molecular weight excluding hydrogens is 426 g/mol. The lowest BCUT2D eigenvalue weighted by atomic mass is 9.45. The standard InChI is InChI=1S/C25H31NO7/c1-12-26-25(20(31)11-32-13(2)27)21(33-12)9-16-15-8-18(29)17-7-14(28)5-6-23(17,3)22(15)19(30)10-24(16,25)4/h5-7,15-16,18-19,21-22,29-30H,8-11H2,1-4H3. The minimum atomic E-state index is -1.25. The number of allylic oxidation sites excluding steroid dienone is 3.